The Morgan fingerprint density at radius 1 is 1.10 bits per heavy atom. The van der Waals surface area contributed by atoms with Gasteiger partial charge in [-0.2, -0.15) is 5.26 Å². The van der Waals surface area contributed by atoms with E-state index < -0.39 is 0 Å². The first-order valence-electron chi connectivity index (χ1n) is 13.0. The van der Waals surface area contributed by atoms with E-state index >= 15 is 0 Å². The third-order valence-electron chi connectivity index (χ3n) is 6.92. The van der Waals surface area contributed by atoms with Crippen LogP contribution in [0.1, 0.15) is 47.3 Å². The molecule has 2 N–H and O–H groups in total. The first-order chi connectivity index (χ1) is 19.1. The molecule has 1 aromatic heterocycles. The predicted molar refractivity (Wildman–Crippen MR) is 152 cm³/mol. The number of rotatable bonds is 10. The smallest absolute Gasteiger partial charge is 0.142 e. The van der Waals surface area contributed by atoms with E-state index in [1.165, 1.54) is 28.5 Å². The van der Waals surface area contributed by atoms with Gasteiger partial charge < -0.3 is 19.9 Å². The highest BCUT2D eigenvalue weighted by molar-refractivity contribution is 6.32. The maximum atomic E-state index is 9.44. The Balaban J connectivity index is 1.41. The number of aromatic nitrogens is 1. The van der Waals surface area contributed by atoms with Gasteiger partial charge in [0, 0.05) is 42.2 Å². The minimum absolute atomic E-state index is 0.0177. The van der Waals surface area contributed by atoms with Crippen LogP contribution in [0.2, 0.25) is 5.02 Å². The van der Waals surface area contributed by atoms with Crippen LogP contribution < -0.4 is 14.8 Å². The number of aliphatic hydroxyl groups is 1. The van der Waals surface area contributed by atoms with Crippen LogP contribution in [0, 0.1) is 11.3 Å². The van der Waals surface area contributed by atoms with Crippen LogP contribution in [0.4, 0.5) is 0 Å². The van der Waals surface area contributed by atoms with Gasteiger partial charge in [0.1, 0.15) is 30.3 Å². The lowest BCUT2D eigenvalue weighted by Gasteiger charge is -2.20. The van der Waals surface area contributed by atoms with Crippen LogP contribution in [-0.4, -0.2) is 22.7 Å². The van der Waals surface area contributed by atoms with Gasteiger partial charge in [-0.25, -0.2) is 0 Å². The van der Waals surface area contributed by atoms with Crippen LogP contribution in [0.25, 0.3) is 11.1 Å². The standard InChI is InChI=1S/C32H30ClN3O3/c1-21(19-37)36-18-25-13-29(33)32(14-31(25)38-20-23-12-22(15-34)16-35-17-23)39-30-11-10-27-26(8-5-9-28(27)30)24-6-3-2-4-7-24/h2-9,12-14,16-17,21,30,36-37H,10-11,18-20H2,1H3/t21-,30?/m1/s1. The number of aliphatic hydroxyl groups excluding tert-OH is 1. The molecule has 2 atom stereocenters. The molecule has 1 aliphatic rings. The van der Waals surface area contributed by atoms with E-state index in [4.69, 9.17) is 21.1 Å². The van der Waals surface area contributed by atoms with E-state index in [1.54, 1.807) is 12.3 Å². The van der Waals surface area contributed by atoms with Gasteiger partial charge in [-0.1, -0.05) is 60.1 Å². The highest BCUT2D eigenvalue weighted by Crippen LogP contribution is 2.42. The fraction of sp³-hybridized carbons (Fsp3) is 0.250. The van der Waals surface area contributed by atoms with Crippen molar-refractivity contribution in [2.24, 2.45) is 0 Å². The van der Waals surface area contributed by atoms with E-state index in [0.29, 0.717) is 28.6 Å². The Morgan fingerprint density at radius 2 is 1.95 bits per heavy atom. The monoisotopic (exact) mass is 539 g/mol. The van der Waals surface area contributed by atoms with Crippen molar-refractivity contribution in [2.45, 2.75) is 45.1 Å². The normalized spacial score (nSPS) is 14.9. The fourth-order valence-electron chi connectivity index (χ4n) is 4.86. The zero-order valence-corrected chi connectivity index (χ0v) is 22.5. The zero-order chi connectivity index (χ0) is 27.2. The highest BCUT2D eigenvalue weighted by atomic mass is 35.5. The van der Waals surface area contributed by atoms with Crippen molar-refractivity contribution in [3.8, 4) is 28.7 Å². The second-order valence-electron chi connectivity index (χ2n) is 9.72. The van der Waals surface area contributed by atoms with Gasteiger partial charge in [-0.15, -0.1) is 0 Å². The van der Waals surface area contributed by atoms with Crippen molar-refractivity contribution >= 4 is 11.6 Å². The van der Waals surface area contributed by atoms with E-state index in [9.17, 15) is 10.4 Å². The van der Waals surface area contributed by atoms with Gasteiger partial charge in [0.2, 0.25) is 0 Å². The molecule has 1 unspecified atom stereocenters. The molecule has 0 radical (unpaired) electrons. The van der Waals surface area contributed by atoms with Gasteiger partial charge in [0.15, 0.2) is 0 Å². The topological polar surface area (TPSA) is 87.4 Å². The molecule has 3 aromatic carbocycles. The molecule has 1 aliphatic carbocycles. The van der Waals surface area contributed by atoms with Crippen LogP contribution in [-0.2, 0) is 19.6 Å². The maximum Gasteiger partial charge on any atom is 0.142 e. The average Bonchev–Trinajstić information content (AvgIpc) is 3.39. The van der Waals surface area contributed by atoms with Crippen molar-refractivity contribution in [2.75, 3.05) is 6.61 Å². The highest BCUT2D eigenvalue weighted by Gasteiger charge is 2.27. The van der Waals surface area contributed by atoms with Gasteiger partial charge in [-0.3, -0.25) is 4.98 Å². The summed E-state index contributed by atoms with van der Waals surface area (Å²) in [5, 5.41) is 22.4. The molecule has 0 aliphatic heterocycles. The molecule has 0 bridgehead atoms. The van der Waals surface area contributed by atoms with Gasteiger partial charge >= 0.3 is 0 Å². The number of nitriles is 1. The quantitative estimate of drug-likeness (QED) is 0.243. The van der Waals surface area contributed by atoms with Crippen LogP contribution in [0.15, 0.2) is 79.1 Å². The Labute approximate surface area is 233 Å². The predicted octanol–water partition coefficient (Wildman–Crippen LogP) is 6.39. The fourth-order valence-corrected chi connectivity index (χ4v) is 5.09. The number of ether oxygens (including phenoxy) is 2. The van der Waals surface area contributed by atoms with Crippen molar-refractivity contribution in [3.63, 3.8) is 0 Å². The van der Waals surface area contributed by atoms with E-state index in [1.807, 2.05) is 25.1 Å². The van der Waals surface area contributed by atoms with Gasteiger partial charge in [-0.05, 0) is 54.2 Å². The Bertz CT molecular complexity index is 1490. The molecule has 4 aromatic rings. The molecular formula is C32H30ClN3O3. The number of fused-ring (bicyclic) bond motifs is 1. The molecule has 7 heteroatoms. The maximum absolute atomic E-state index is 9.44. The minimum atomic E-state index is -0.121. The number of nitrogens with one attached hydrogen (secondary N) is 1. The summed E-state index contributed by atoms with van der Waals surface area (Å²) in [4.78, 5) is 4.12. The lowest BCUT2D eigenvalue weighted by atomic mass is 9.97. The minimum Gasteiger partial charge on any atom is -0.488 e. The third kappa shape index (κ3) is 6.23. The summed E-state index contributed by atoms with van der Waals surface area (Å²) < 4.78 is 12.7. The lowest BCUT2D eigenvalue weighted by Crippen LogP contribution is -2.28. The van der Waals surface area contributed by atoms with E-state index in [0.717, 1.165) is 24.0 Å². The van der Waals surface area contributed by atoms with Crippen molar-refractivity contribution in [1.29, 1.82) is 5.26 Å². The molecule has 39 heavy (non-hydrogen) atoms. The summed E-state index contributed by atoms with van der Waals surface area (Å²) in [5.41, 5.74) is 7.03. The molecule has 0 saturated carbocycles. The SMILES string of the molecule is C[C@H](CO)NCc1cc(Cl)c(OC2CCc3c(-c4ccccc4)cccc32)cc1OCc1cncc(C#N)c1. The van der Waals surface area contributed by atoms with Gasteiger partial charge in [0.05, 0.1) is 17.2 Å². The molecule has 0 fully saturated rings. The lowest BCUT2D eigenvalue weighted by molar-refractivity contribution is 0.205. The number of hydrogen-bond donors (Lipinski definition) is 2. The Kier molecular flexibility index (Phi) is 8.43. The van der Waals surface area contributed by atoms with Crippen LogP contribution >= 0.6 is 11.6 Å². The second kappa shape index (κ2) is 12.3. The number of benzene rings is 3. The number of halogens is 1. The van der Waals surface area contributed by atoms with Crippen LogP contribution in [0.3, 0.4) is 0 Å². The summed E-state index contributed by atoms with van der Waals surface area (Å²) in [7, 11) is 0. The van der Waals surface area contributed by atoms with Gasteiger partial charge in [0.25, 0.3) is 0 Å². The molecule has 1 heterocycles. The summed E-state index contributed by atoms with van der Waals surface area (Å²) in [5.74, 6) is 1.17. The first-order valence-corrected chi connectivity index (χ1v) is 13.4. The molecule has 5 rings (SSSR count). The largest absolute Gasteiger partial charge is 0.488 e. The Hall–Kier alpha value is -3.89. The average molecular weight is 540 g/mol. The molecule has 0 saturated heterocycles. The summed E-state index contributed by atoms with van der Waals surface area (Å²) in [6.45, 7) is 2.61. The van der Waals surface area contributed by atoms with E-state index in [2.05, 4.69) is 58.8 Å². The number of pyridine rings is 1. The third-order valence-corrected chi connectivity index (χ3v) is 7.21. The molecule has 0 amide bonds. The first kappa shape index (κ1) is 26.7. The van der Waals surface area contributed by atoms with E-state index in [-0.39, 0.29) is 25.4 Å². The molecule has 198 valence electrons. The van der Waals surface area contributed by atoms with Crippen molar-refractivity contribution in [1.82, 2.24) is 10.3 Å². The van der Waals surface area contributed by atoms with Crippen LogP contribution in [0.5, 0.6) is 11.5 Å². The van der Waals surface area contributed by atoms with Crippen molar-refractivity contribution < 1.29 is 14.6 Å². The molecule has 0 spiro atoms. The molecule has 6 nitrogen and oxygen atoms in total. The zero-order valence-electron chi connectivity index (χ0n) is 21.7. The number of nitrogens with zero attached hydrogens (tertiary/aromatic N) is 2. The second-order valence-corrected chi connectivity index (χ2v) is 10.1. The summed E-state index contributed by atoms with van der Waals surface area (Å²) >= 11 is 6.74. The Morgan fingerprint density at radius 3 is 2.74 bits per heavy atom. The van der Waals surface area contributed by atoms with Crippen molar-refractivity contribution in [3.05, 3.63) is 112 Å². The summed E-state index contributed by atoms with van der Waals surface area (Å²) in [6.07, 6.45) is 4.86. The molecular weight excluding hydrogens is 510 g/mol. The summed E-state index contributed by atoms with van der Waals surface area (Å²) in [6, 6.07) is 24.3. The number of hydrogen-bond acceptors (Lipinski definition) is 6.